The van der Waals surface area contributed by atoms with Gasteiger partial charge in [-0.1, -0.05) is 47.5 Å². The van der Waals surface area contributed by atoms with Gasteiger partial charge in [-0.15, -0.1) is 11.3 Å². The molecular formula is C18H15Cl2N3OS. The molecule has 0 spiro atoms. The second kappa shape index (κ2) is 7.87. The van der Waals surface area contributed by atoms with Crippen molar-refractivity contribution in [2.45, 2.75) is 13.5 Å². The Morgan fingerprint density at radius 3 is 2.72 bits per heavy atom. The average molecular weight is 392 g/mol. The van der Waals surface area contributed by atoms with Crippen molar-refractivity contribution in [3.8, 4) is 10.6 Å². The first-order chi connectivity index (χ1) is 12.0. The Morgan fingerprint density at radius 1 is 1.16 bits per heavy atom. The fraction of sp³-hybridized carbons (Fsp3) is 0.111. The summed E-state index contributed by atoms with van der Waals surface area (Å²) in [6.45, 7) is 2.31. The molecule has 7 heteroatoms. The molecule has 4 nitrogen and oxygen atoms in total. The van der Waals surface area contributed by atoms with Crippen LogP contribution in [-0.2, 0) is 6.54 Å². The summed E-state index contributed by atoms with van der Waals surface area (Å²) in [5, 5.41) is 7.65. The van der Waals surface area contributed by atoms with Gasteiger partial charge in [0.1, 0.15) is 5.01 Å². The number of carbonyl (C=O) groups is 1. The van der Waals surface area contributed by atoms with E-state index < -0.39 is 0 Å². The standard InChI is InChI=1S/C18H15Cl2N3OS/c1-11-16(25-17(22-11)14-7-2-3-8-15(14)20)10-21-18(24)23-13-6-4-5-12(19)9-13/h2-9H,10H2,1H3,(H2,21,23,24). The SMILES string of the molecule is Cc1nc(-c2ccccc2Cl)sc1CNC(=O)Nc1cccc(Cl)c1. The van der Waals surface area contributed by atoms with Gasteiger partial charge in [0.2, 0.25) is 0 Å². The van der Waals surface area contributed by atoms with Gasteiger partial charge in [0.25, 0.3) is 0 Å². The molecule has 0 saturated carbocycles. The predicted molar refractivity (Wildman–Crippen MR) is 105 cm³/mol. The van der Waals surface area contributed by atoms with Crippen molar-refractivity contribution >= 4 is 46.3 Å². The zero-order chi connectivity index (χ0) is 17.8. The number of urea groups is 1. The molecule has 3 aromatic rings. The number of nitrogens with zero attached hydrogens (tertiary/aromatic N) is 1. The molecule has 0 unspecified atom stereocenters. The topological polar surface area (TPSA) is 54.0 Å². The lowest BCUT2D eigenvalue weighted by Gasteiger charge is -2.07. The molecule has 2 aromatic carbocycles. The highest BCUT2D eigenvalue weighted by atomic mass is 35.5. The van der Waals surface area contributed by atoms with Crippen molar-refractivity contribution in [3.05, 3.63) is 69.1 Å². The van der Waals surface area contributed by atoms with Gasteiger partial charge in [0, 0.05) is 21.2 Å². The molecule has 3 rings (SSSR count). The number of nitrogens with one attached hydrogen (secondary N) is 2. The van der Waals surface area contributed by atoms with E-state index in [0.29, 0.717) is 22.3 Å². The summed E-state index contributed by atoms with van der Waals surface area (Å²) >= 11 is 13.7. The fourth-order valence-electron chi connectivity index (χ4n) is 2.24. The first kappa shape index (κ1) is 17.7. The lowest BCUT2D eigenvalue weighted by molar-refractivity contribution is 0.252. The lowest BCUT2D eigenvalue weighted by Crippen LogP contribution is -2.28. The van der Waals surface area contributed by atoms with Crippen LogP contribution in [-0.4, -0.2) is 11.0 Å². The number of benzene rings is 2. The van der Waals surface area contributed by atoms with E-state index in [1.807, 2.05) is 31.2 Å². The Balaban J connectivity index is 1.66. The van der Waals surface area contributed by atoms with Crippen LogP contribution in [0.3, 0.4) is 0 Å². The van der Waals surface area contributed by atoms with Crippen molar-refractivity contribution in [1.29, 1.82) is 0 Å². The molecule has 0 saturated heterocycles. The number of amides is 2. The molecule has 25 heavy (non-hydrogen) atoms. The monoisotopic (exact) mass is 391 g/mol. The second-order valence-electron chi connectivity index (χ2n) is 5.33. The predicted octanol–water partition coefficient (Wildman–Crippen LogP) is 5.75. The van der Waals surface area contributed by atoms with E-state index in [0.717, 1.165) is 21.1 Å². The Morgan fingerprint density at radius 2 is 1.96 bits per heavy atom. The number of carbonyl (C=O) groups excluding carboxylic acids is 1. The van der Waals surface area contributed by atoms with E-state index >= 15 is 0 Å². The number of thiazole rings is 1. The van der Waals surface area contributed by atoms with E-state index in [9.17, 15) is 4.79 Å². The molecule has 0 fully saturated rings. The Kier molecular flexibility index (Phi) is 5.58. The van der Waals surface area contributed by atoms with Crippen molar-refractivity contribution < 1.29 is 4.79 Å². The molecule has 2 amide bonds. The van der Waals surface area contributed by atoms with Crippen LogP contribution in [0.1, 0.15) is 10.6 Å². The average Bonchev–Trinajstić information content (AvgIpc) is 2.94. The smallest absolute Gasteiger partial charge is 0.319 e. The minimum atomic E-state index is -0.297. The van der Waals surface area contributed by atoms with Crippen LogP contribution in [0.25, 0.3) is 10.6 Å². The number of halogens is 2. The van der Waals surface area contributed by atoms with Crippen LogP contribution in [0.15, 0.2) is 48.5 Å². The first-order valence-electron chi connectivity index (χ1n) is 7.54. The number of aryl methyl sites for hydroxylation is 1. The Hall–Kier alpha value is -2.08. The van der Waals surface area contributed by atoms with Gasteiger partial charge in [-0.2, -0.15) is 0 Å². The highest BCUT2D eigenvalue weighted by molar-refractivity contribution is 7.15. The van der Waals surface area contributed by atoms with Crippen molar-refractivity contribution in [3.63, 3.8) is 0 Å². The van der Waals surface area contributed by atoms with Gasteiger partial charge in [-0.25, -0.2) is 9.78 Å². The van der Waals surface area contributed by atoms with Gasteiger partial charge in [0.05, 0.1) is 17.3 Å². The van der Waals surface area contributed by atoms with Crippen LogP contribution in [0.2, 0.25) is 10.0 Å². The molecule has 1 heterocycles. The summed E-state index contributed by atoms with van der Waals surface area (Å²) in [4.78, 5) is 17.6. The van der Waals surface area contributed by atoms with E-state index in [2.05, 4.69) is 15.6 Å². The summed E-state index contributed by atoms with van der Waals surface area (Å²) in [5.74, 6) is 0. The molecular weight excluding hydrogens is 377 g/mol. The minimum absolute atomic E-state index is 0.297. The summed E-state index contributed by atoms with van der Waals surface area (Å²) < 4.78 is 0. The van der Waals surface area contributed by atoms with E-state index in [1.54, 1.807) is 24.3 Å². The third kappa shape index (κ3) is 4.51. The quantitative estimate of drug-likeness (QED) is 0.594. The van der Waals surface area contributed by atoms with Crippen LogP contribution in [0.5, 0.6) is 0 Å². The molecule has 2 N–H and O–H groups in total. The molecule has 0 bridgehead atoms. The number of rotatable bonds is 4. The highest BCUT2D eigenvalue weighted by Gasteiger charge is 2.12. The molecule has 0 aliphatic rings. The van der Waals surface area contributed by atoms with Crippen LogP contribution < -0.4 is 10.6 Å². The zero-order valence-corrected chi connectivity index (χ0v) is 15.7. The second-order valence-corrected chi connectivity index (χ2v) is 7.25. The highest BCUT2D eigenvalue weighted by Crippen LogP contribution is 2.32. The maximum atomic E-state index is 12.0. The van der Waals surface area contributed by atoms with E-state index in [1.165, 1.54) is 11.3 Å². The van der Waals surface area contributed by atoms with Crippen LogP contribution in [0, 0.1) is 6.92 Å². The zero-order valence-electron chi connectivity index (χ0n) is 13.3. The third-order valence-electron chi connectivity index (χ3n) is 3.49. The molecule has 128 valence electrons. The molecule has 0 radical (unpaired) electrons. The fourth-order valence-corrected chi connectivity index (χ4v) is 3.76. The first-order valence-corrected chi connectivity index (χ1v) is 9.12. The van der Waals surface area contributed by atoms with Crippen molar-refractivity contribution in [2.24, 2.45) is 0 Å². The molecule has 0 aliphatic carbocycles. The molecule has 1 aromatic heterocycles. The largest absolute Gasteiger partial charge is 0.333 e. The third-order valence-corrected chi connectivity index (χ3v) is 5.24. The van der Waals surface area contributed by atoms with Crippen LogP contribution >= 0.6 is 34.5 Å². The summed E-state index contributed by atoms with van der Waals surface area (Å²) in [5.41, 5.74) is 2.41. The van der Waals surface area contributed by atoms with E-state index in [-0.39, 0.29) is 6.03 Å². The van der Waals surface area contributed by atoms with Crippen LogP contribution in [0.4, 0.5) is 10.5 Å². The van der Waals surface area contributed by atoms with Gasteiger partial charge in [-0.05, 0) is 31.2 Å². The summed E-state index contributed by atoms with van der Waals surface area (Å²) in [7, 11) is 0. The number of hydrogen-bond acceptors (Lipinski definition) is 3. The maximum Gasteiger partial charge on any atom is 0.319 e. The molecule has 0 atom stereocenters. The number of anilines is 1. The molecule has 0 aliphatic heterocycles. The minimum Gasteiger partial charge on any atom is -0.333 e. The summed E-state index contributed by atoms with van der Waals surface area (Å²) in [6.07, 6.45) is 0. The Bertz CT molecular complexity index is 911. The normalized spacial score (nSPS) is 10.5. The lowest BCUT2D eigenvalue weighted by atomic mass is 10.2. The summed E-state index contributed by atoms with van der Waals surface area (Å²) in [6, 6.07) is 14.3. The van der Waals surface area contributed by atoms with Crippen molar-refractivity contribution in [2.75, 3.05) is 5.32 Å². The van der Waals surface area contributed by atoms with Gasteiger partial charge in [0.15, 0.2) is 0 Å². The maximum absolute atomic E-state index is 12.0. The van der Waals surface area contributed by atoms with Gasteiger partial charge < -0.3 is 10.6 Å². The van der Waals surface area contributed by atoms with Gasteiger partial charge in [-0.3, -0.25) is 0 Å². The van der Waals surface area contributed by atoms with Crippen molar-refractivity contribution in [1.82, 2.24) is 10.3 Å². The number of aromatic nitrogens is 1. The van der Waals surface area contributed by atoms with Gasteiger partial charge >= 0.3 is 6.03 Å². The van der Waals surface area contributed by atoms with E-state index in [4.69, 9.17) is 23.2 Å². The number of hydrogen-bond donors (Lipinski definition) is 2. The Labute approximate surface area is 159 Å².